The quantitative estimate of drug-likeness (QED) is 0.897. The molecule has 0 saturated heterocycles. The third kappa shape index (κ3) is 3.38. The summed E-state index contributed by atoms with van der Waals surface area (Å²) in [6.45, 7) is 7.08. The Morgan fingerprint density at radius 3 is 2.90 bits per heavy atom. The van der Waals surface area contributed by atoms with Crippen LogP contribution in [0.3, 0.4) is 0 Å². The fourth-order valence-electron chi connectivity index (χ4n) is 3.05. The van der Waals surface area contributed by atoms with Gasteiger partial charge in [-0.1, -0.05) is 26.8 Å². The van der Waals surface area contributed by atoms with Gasteiger partial charge in [0.2, 0.25) is 0 Å². The summed E-state index contributed by atoms with van der Waals surface area (Å²) in [7, 11) is 0. The number of aryl methyl sites for hydroxylation is 1. The number of thiophene rings is 1. The lowest BCUT2D eigenvalue weighted by molar-refractivity contribution is 0.217. The van der Waals surface area contributed by atoms with Crippen LogP contribution < -0.4 is 5.73 Å². The van der Waals surface area contributed by atoms with Gasteiger partial charge in [0.1, 0.15) is 0 Å². The van der Waals surface area contributed by atoms with E-state index < -0.39 is 0 Å². The van der Waals surface area contributed by atoms with E-state index in [2.05, 4.69) is 38.3 Å². The Bertz CT molecular complexity index is 593. The second kappa shape index (κ2) is 5.82. The van der Waals surface area contributed by atoms with Crippen LogP contribution in [0.5, 0.6) is 0 Å². The monoisotopic (exact) mass is 320 g/mol. The van der Waals surface area contributed by atoms with Crippen molar-refractivity contribution < 1.29 is 0 Å². The number of fused-ring (bicyclic) bond motifs is 1. The van der Waals surface area contributed by atoms with Gasteiger partial charge in [-0.2, -0.15) is 0 Å². The molecule has 0 spiro atoms. The highest BCUT2D eigenvalue weighted by molar-refractivity contribution is 7.11. The van der Waals surface area contributed by atoms with Gasteiger partial charge < -0.3 is 5.73 Å². The molecule has 2 nitrogen and oxygen atoms in total. The zero-order valence-electron chi connectivity index (χ0n) is 13.1. The smallest absolute Gasteiger partial charge is 0.0950 e. The fourth-order valence-corrected chi connectivity index (χ4v) is 5.03. The van der Waals surface area contributed by atoms with Crippen molar-refractivity contribution in [2.75, 3.05) is 0 Å². The molecule has 0 aromatic carbocycles. The Morgan fingerprint density at radius 2 is 2.24 bits per heavy atom. The van der Waals surface area contributed by atoms with E-state index >= 15 is 0 Å². The molecule has 21 heavy (non-hydrogen) atoms. The van der Waals surface area contributed by atoms with Crippen molar-refractivity contribution in [2.45, 2.75) is 52.5 Å². The number of hydrogen-bond donors (Lipinski definition) is 1. The van der Waals surface area contributed by atoms with Crippen LogP contribution in [0.2, 0.25) is 0 Å². The van der Waals surface area contributed by atoms with Crippen LogP contribution in [-0.4, -0.2) is 4.98 Å². The van der Waals surface area contributed by atoms with E-state index in [0.29, 0.717) is 5.41 Å². The molecule has 0 amide bonds. The Kier molecular flexibility index (Phi) is 4.21. The van der Waals surface area contributed by atoms with Gasteiger partial charge in [-0.25, -0.2) is 4.98 Å². The maximum Gasteiger partial charge on any atom is 0.0950 e. The lowest BCUT2D eigenvalue weighted by Gasteiger charge is -2.33. The number of aromatic nitrogens is 1. The molecule has 0 fully saturated rings. The van der Waals surface area contributed by atoms with Crippen molar-refractivity contribution in [3.63, 3.8) is 0 Å². The minimum atomic E-state index is 0.0935. The Balaban J connectivity index is 1.72. The van der Waals surface area contributed by atoms with Crippen LogP contribution in [0.15, 0.2) is 17.5 Å². The fraction of sp³-hybridized carbons (Fsp3) is 0.588. The topological polar surface area (TPSA) is 38.9 Å². The molecular weight excluding hydrogens is 296 g/mol. The van der Waals surface area contributed by atoms with Crippen LogP contribution in [0.4, 0.5) is 0 Å². The highest BCUT2D eigenvalue weighted by atomic mass is 32.1. The maximum absolute atomic E-state index is 6.30. The lowest BCUT2D eigenvalue weighted by atomic mass is 9.73. The van der Waals surface area contributed by atoms with Gasteiger partial charge in [-0.3, -0.25) is 0 Å². The Labute approximate surface area is 135 Å². The second-order valence-corrected chi connectivity index (χ2v) is 9.26. The molecule has 0 saturated carbocycles. The minimum absolute atomic E-state index is 0.0935. The summed E-state index contributed by atoms with van der Waals surface area (Å²) in [4.78, 5) is 7.63. The SMILES string of the molecule is CC(C)(C)C1CCc2nc(CC(N)c3cccs3)sc2C1. The van der Waals surface area contributed by atoms with E-state index in [1.54, 1.807) is 11.3 Å². The molecule has 1 aliphatic rings. The molecule has 0 bridgehead atoms. The van der Waals surface area contributed by atoms with Crippen molar-refractivity contribution in [3.05, 3.63) is 38.0 Å². The number of nitrogens with zero attached hydrogens (tertiary/aromatic N) is 1. The Hall–Kier alpha value is -0.710. The zero-order valence-corrected chi connectivity index (χ0v) is 14.7. The number of nitrogens with two attached hydrogens (primary N) is 1. The van der Waals surface area contributed by atoms with Crippen LogP contribution in [0.1, 0.15) is 53.7 Å². The molecule has 114 valence electrons. The summed E-state index contributed by atoms with van der Waals surface area (Å²) in [6, 6.07) is 4.29. The summed E-state index contributed by atoms with van der Waals surface area (Å²) in [5.41, 5.74) is 8.04. The molecule has 4 heteroatoms. The van der Waals surface area contributed by atoms with E-state index in [1.807, 2.05) is 11.3 Å². The molecule has 2 unspecified atom stereocenters. The van der Waals surface area contributed by atoms with Gasteiger partial charge in [0.25, 0.3) is 0 Å². The predicted molar refractivity (Wildman–Crippen MR) is 92.0 cm³/mol. The summed E-state index contributed by atoms with van der Waals surface area (Å²) < 4.78 is 0. The van der Waals surface area contributed by atoms with Crippen molar-refractivity contribution in [2.24, 2.45) is 17.1 Å². The summed E-state index contributed by atoms with van der Waals surface area (Å²) >= 11 is 3.64. The van der Waals surface area contributed by atoms with E-state index in [0.717, 1.165) is 18.8 Å². The zero-order chi connectivity index (χ0) is 15.0. The van der Waals surface area contributed by atoms with Crippen molar-refractivity contribution in [3.8, 4) is 0 Å². The molecule has 2 aromatic heterocycles. The number of rotatable bonds is 3. The first-order chi connectivity index (χ1) is 9.93. The van der Waals surface area contributed by atoms with Gasteiger partial charge in [-0.15, -0.1) is 22.7 Å². The summed E-state index contributed by atoms with van der Waals surface area (Å²) in [5.74, 6) is 0.782. The molecule has 1 aliphatic carbocycles. The molecule has 2 N–H and O–H groups in total. The third-order valence-corrected chi connectivity index (χ3v) is 6.66. The Morgan fingerprint density at radius 1 is 1.43 bits per heavy atom. The molecular formula is C17H24N2S2. The highest BCUT2D eigenvalue weighted by Gasteiger charge is 2.30. The van der Waals surface area contributed by atoms with Gasteiger partial charge in [0, 0.05) is 22.2 Å². The van der Waals surface area contributed by atoms with Crippen LogP contribution >= 0.6 is 22.7 Å². The number of thiazole rings is 1. The van der Waals surface area contributed by atoms with Crippen LogP contribution in [0, 0.1) is 11.3 Å². The minimum Gasteiger partial charge on any atom is -0.323 e. The van der Waals surface area contributed by atoms with Crippen LogP contribution in [-0.2, 0) is 19.3 Å². The first-order valence-corrected chi connectivity index (χ1v) is 9.39. The van der Waals surface area contributed by atoms with E-state index in [4.69, 9.17) is 10.7 Å². The highest BCUT2D eigenvalue weighted by Crippen LogP contribution is 2.39. The lowest BCUT2D eigenvalue weighted by Crippen LogP contribution is -2.26. The molecule has 0 aliphatic heterocycles. The number of hydrogen-bond acceptors (Lipinski definition) is 4. The van der Waals surface area contributed by atoms with Gasteiger partial charge >= 0.3 is 0 Å². The second-order valence-electron chi connectivity index (χ2n) is 7.11. The van der Waals surface area contributed by atoms with Gasteiger partial charge in [0.15, 0.2) is 0 Å². The average Bonchev–Trinajstić information content (AvgIpc) is 3.05. The molecule has 2 atom stereocenters. The largest absolute Gasteiger partial charge is 0.323 e. The van der Waals surface area contributed by atoms with Gasteiger partial charge in [0.05, 0.1) is 10.7 Å². The van der Waals surface area contributed by atoms with Crippen molar-refractivity contribution >= 4 is 22.7 Å². The van der Waals surface area contributed by atoms with Crippen LogP contribution in [0.25, 0.3) is 0 Å². The van der Waals surface area contributed by atoms with Gasteiger partial charge in [-0.05, 0) is 42.0 Å². The van der Waals surface area contributed by atoms with E-state index in [9.17, 15) is 0 Å². The first kappa shape index (κ1) is 15.2. The van der Waals surface area contributed by atoms with Crippen molar-refractivity contribution in [1.82, 2.24) is 4.98 Å². The maximum atomic E-state index is 6.30. The normalized spacial score (nSPS) is 20.3. The molecule has 3 rings (SSSR count). The third-order valence-electron chi connectivity index (χ3n) is 4.51. The van der Waals surface area contributed by atoms with E-state index in [1.165, 1.54) is 33.3 Å². The predicted octanol–water partition coefficient (Wildman–Crippen LogP) is 4.60. The standard InChI is InChI=1S/C17H24N2S2/c1-17(2,3)11-6-7-13-15(9-11)21-16(19-13)10-12(18)14-5-4-8-20-14/h4-5,8,11-12H,6-7,9-10,18H2,1-3H3. The molecule has 0 radical (unpaired) electrons. The first-order valence-electron chi connectivity index (χ1n) is 7.70. The average molecular weight is 321 g/mol. The summed E-state index contributed by atoms with van der Waals surface area (Å²) in [6.07, 6.45) is 4.49. The molecule has 2 heterocycles. The summed E-state index contributed by atoms with van der Waals surface area (Å²) in [5, 5.41) is 3.31. The molecule has 2 aromatic rings. The van der Waals surface area contributed by atoms with E-state index in [-0.39, 0.29) is 6.04 Å². The van der Waals surface area contributed by atoms with Crippen molar-refractivity contribution in [1.29, 1.82) is 0 Å².